The Morgan fingerprint density at radius 3 is 2.22 bits per heavy atom. The van der Waals surface area contributed by atoms with E-state index >= 15 is 0 Å². The summed E-state index contributed by atoms with van der Waals surface area (Å²) in [6, 6.07) is 9.27. The van der Waals surface area contributed by atoms with Crippen molar-refractivity contribution in [3.63, 3.8) is 0 Å². The largest absolute Gasteiger partial charge is 0.378 e. The van der Waals surface area contributed by atoms with Gasteiger partial charge in [0.25, 0.3) is 0 Å². The van der Waals surface area contributed by atoms with Crippen LogP contribution in [0.2, 0.25) is 10.0 Å². The Morgan fingerprint density at radius 2 is 1.50 bits per heavy atom. The van der Waals surface area contributed by atoms with E-state index in [4.69, 9.17) is 23.2 Å². The Balaban J connectivity index is 2.17. The van der Waals surface area contributed by atoms with Crippen LogP contribution in [0.15, 0.2) is 36.4 Å². The monoisotopic (exact) mass is 287 g/mol. The zero-order valence-electron chi connectivity index (χ0n) is 9.18. The molecule has 0 bridgehead atoms. The molecule has 0 aliphatic carbocycles. The topological polar surface area (TPSA) is 12.0 Å². The number of anilines is 1. The van der Waals surface area contributed by atoms with Crippen molar-refractivity contribution in [3.05, 3.63) is 63.6 Å². The molecule has 2 aromatic carbocycles. The van der Waals surface area contributed by atoms with Crippen molar-refractivity contribution in [2.24, 2.45) is 0 Å². The first-order valence-electron chi connectivity index (χ1n) is 5.20. The van der Waals surface area contributed by atoms with Gasteiger partial charge < -0.3 is 5.32 Å². The molecule has 0 saturated carbocycles. The van der Waals surface area contributed by atoms with Gasteiger partial charge in [0.15, 0.2) is 5.82 Å². The molecule has 0 aliphatic heterocycles. The zero-order chi connectivity index (χ0) is 13.1. The highest BCUT2D eigenvalue weighted by Gasteiger charge is 2.08. The van der Waals surface area contributed by atoms with Gasteiger partial charge in [0.1, 0.15) is 5.82 Å². The molecule has 0 spiro atoms. The molecule has 0 heterocycles. The third-order valence-electron chi connectivity index (χ3n) is 2.45. The molecule has 1 N–H and O–H groups in total. The van der Waals surface area contributed by atoms with Gasteiger partial charge in [-0.25, -0.2) is 8.78 Å². The van der Waals surface area contributed by atoms with Crippen molar-refractivity contribution >= 4 is 28.9 Å². The first-order valence-corrected chi connectivity index (χ1v) is 5.96. The number of rotatable bonds is 3. The van der Waals surface area contributed by atoms with E-state index in [1.807, 2.05) is 0 Å². The quantitative estimate of drug-likeness (QED) is 0.848. The van der Waals surface area contributed by atoms with Crippen LogP contribution >= 0.6 is 23.2 Å². The van der Waals surface area contributed by atoms with E-state index in [9.17, 15) is 8.78 Å². The summed E-state index contributed by atoms with van der Waals surface area (Å²) >= 11 is 11.3. The maximum atomic E-state index is 13.6. The molecule has 2 aromatic rings. The molecule has 0 unspecified atom stereocenters. The van der Waals surface area contributed by atoms with E-state index in [0.29, 0.717) is 5.56 Å². The highest BCUT2D eigenvalue weighted by Crippen LogP contribution is 2.23. The maximum absolute atomic E-state index is 13.6. The molecule has 0 radical (unpaired) electrons. The van der Waals surface area contributed by atoms with Gasteiger partial charge in [-0.1, -0.05) is 41.4 Å². The predicted octanol–water partition coefficient (Wildman–Crippen LogP) is 4.88. The van der Waals surface area contributed by atoms with Crippen LogP contribution in [0.1, 0.15) is 5.56 Å². The van der Waals surface area contributed by atoms with Gasteiger partial charge in [-0.15, -0.1) is 0 Å². The van der Waals surface area contributed by atoms with Crippen LogP contribution in [0, 0.1) is 11.6 Å². The van der Waals surface area contributed by atoms with Crippen LogP contribution < -0.4 is 5.32 Å². The normalized spacial score (nSPS) is 10.4. The highest BCUT2D eigenvalue weighted by atomic mass is 35.5. The fourth-order valence-corrected chi connectivity index (χ4v) is 1.88. The third kappa shape index (κ3) is 2.74. The predicted molar refractivity (Wildman–Crippen MR) is 70.1 cm³/mol. The van der Waals surface area contributed by atoms with Crippen molar-refractivity contribution in [1.29, 1.82) is 0 Å². The first kappa shape index (κ1) is 13.1. The minimum atomic E-state index is -0.554. The van der Waals surface area contributed by atoms with Crippen molar-refractivity contribution in [3.8, 4) is 0 Å². The van der Waals surface area contributed by atoms with E-state index in [2.05, 4.69) is 5.32 Å². The zero-order valence-corrected chi connectivity index (χ0v) is 10.7. The summed E-state index contributed by atoms with van der Waals surface area (Å²) in [7, 11) is 0. The molecule has 0 amide bonds. The molecule has 0 atom stereocenters. The van der Waals surface area contributed by atoms with Crippen molar-refractivity contribution < 1.29 is 8.78 Å². The third-order valence-corrected chi connectivity index (χ3v) is 3.04. The number of halogens is 4. The molecule has 0 aromatic heterocycles. The van der Waals surface area contributed by atoms with Crippen LogP contribution in [-0.4, -0.2) is 0 Å². The van der Waals surface area contributed by atoms with Crippen LogP contribution in [0.25, 0.3) is 0 Å². The Labute approximate surface area is 113 Å². The van der Waals surface area contributed by atoms with Crippen LogP contribution in [0.5, 0.6) is 0 Å². The van der Waals surface area contributed by atoms with Crippen molar-refractivity contribution in [2.75, 3.05) is 5.32 Å². The molecule has 94 valence electrons. The fraction of sp³-hybridized carbons (Fsp3) is 0.0769. The fourth-order valence-electron chi connectivity index (χ4n) is 1.52. The van der Waals surface area contributed by atoms with E-state index in [1.165, 1.54) is 18.2 Å². The van der Waals surface area contributed by atoms with Crippen LogP contribution in [0.3, 0.4) is 0 Å². The van der Waals surface area contributed by atoms with Gasteiger partial charge in [-0.05, 0) is 18.2 Å². The molecule has 2 rings (SSSR count). The van der Waals surface area contributed by atoms with E-state index in [-0.39, 0.29) is 22.3 Å². The summed E-state index contributed by atoms with van der Waals surface area (Å²) in [6.07, 6.45) is 0. The average molecular weight is 288 g/mol. The minimum Gasteiger partial charge on any atom is -0.378 e. The van der Waals surface area contributed by atoms with E-state index in [1.54, 1.807) is 18.2 Å². The first-order chi connectivity index (χ1) is 8.59. The van der Waals surface area contributed by atoms with Gasteiger partial charge in [-0.2, -0.15) is 0 Å². The number of benzene rings is 2. The summed E-state index contributed by atoms with van der Waals surface area (Å²) in [4.78, 5) is 0. The summed E-state index contributed by atoms with van der Waals surface area (Å²) in [5, 5.41) is 2.84. The van der Waals surface area contributed by atoms with Crippen molar-refractivity contribution in [1.82, 2.24) is 0 Å². The number of hydrogen-bond acceptors (Lipinski definition) is 1. The second kappa shape index (κ2) is 5.55. The lowest BCUT2D eigenvalue weighted by atomic mass is 10.2. The molecule has 0 fully saturated rings. The van der Waals surface area contributed by atoms with Gasteiger partial charge in [0.2, 0.25) is 0 Å². The molecular weight excluding hydrogens is 279 g/mol. The summed E-state index contributed by atoms with van der Waals surface area (Å²) in [5.41, 5.74) is 0.587. The van der Waals surface area contributed by atoms with Crippen molar-refractivity contribution in [2.45, 2.75) is 6.54 Å². The molecule has 1 nitrogen and oxygen atoms in total. The molecule has 0 aliphatic rings. The molecule has 18 heavy (non-hydrogen) atoms. The molecule has 0 saturated heterocycles. The Hall–Kier alpha value is -1.32. The Kier molecular flexibility index (Phi) is 4.04. The lowest BCUT2D eigenvalue weighted by Gasteiger charge is -2.09. The average Bonchev–Trinajstić information content (AvgIpc) is 2.36. The van der Waals surface area contributed by atoms with E-state index in [0.717, 1.165) is 0 Å². The second-order valence-electron chi connectivity index (χ2n) is 3.67. The maximum Gasteiger partial charge on any atom is 0.164 e. The summed E-state index contributed by atoms with van der Waals surface area (Å²) < 4.78 is 27.2. The van der Waals surface area contributed by atoms with E-state index < -0.39 is 11.6 Å². The SMILES string of the molecule is Fc1c(Cl)cccc1CNc1cccc(Cl)c1F. The summed E-state index contributed by atoms with van der Waals surface area (Å²) in [5.74, 6) is -1.06. The number of hydrogen-bond donors (Lipinski definition) is 1. The minimum absolute atomic E-state index is 0.0200. The molecule has 5 heteroatoms. The summed E-state index contributed by atoms with van der Waals surface area (Å²) in [6.45, 7) is 0.129. The van der Waals surface area contributed by atoms with Crippen LogP contribution in [-0.2, 0) is 6.54 Å². The smallest absolute Gasteiger partial charge is 0.164 e. The highest BCUT2D eigenvalue weighted by molar-refractivity contribution is 6.31. The lowest BCUT2D eigenvalue weighted by molar-refractivity contribution is 0.611. The number of nitrogens with one attached hydrogen (secondary N) is 1. The van der Waals surface area contributed by atoms with Gasteiger partial charge in [0.05, 0.1) is 15.7 Å². The Morgan fingerprint density at radius 1 is 0.889 bits per heavy atom. The second-order valence-corrected chi connectivity index (χ2v) is 4.48. The molecular formula is C13H9Cl2F2N. The van der Waals surface area contributed by atoms with Crippen LogP contribution in [0.4, 0.5) is 14.5 Å². The Bertz CT molecular complexity index is 521. The van der Waals surface area contributed by atoms with Gasteiger partial charge in [0, 0.05) is 12.1 Å². The lowest BCUT2D eigenvalue weighted by Crippen LogP contribution is -2.03. The van der Waals surface area contributed by atoms with Gasteiger partial charge >= 0.3 is 0 Å². The standard InChI is InChI=1S/C13H9Cl2F2N/c14-9-4-1-3-8(12(9)16)7-18-11-6-2-5-10(15)13(11)17/h1-6,18H,7H2. The van der Waals surface area contributed by atoms with Gasteiger partial charge in [-0.3, -0.25) is 0 Å².